The van der Waals surface area contributed by atoms with E-state index in [2.05, 4.69) is 38.1 Å². The first-order chi connectivity index (χ1) is 29.3. The van der Waals surface area contributed by atoms with Crippen molar-refractivity contribution in [1.82, 2.24) is 16.0 Å². The molecule has 2 atom stereocenters. The van der Waals surface area contributed by atoms with Gasteiger partial charge in [-0.25, -0.2) is 4.79 Å². The largest absolute Gasteiger partial charge is 0.464 e. The van der Waals surface area contributed by atoms with Gasteiger partial charge in [0.1, 0.15) is 31.9 Å². The highest BCUT2D eigenvalue weighted by molar-refractivity contribution is 5.92. The smallest absolute Gasteiger partial charge is 0.407 e. The number of rotatable bonds is 23. The highest BCUT2D eigenvalue weighted by Gasteiger charge is 2.31. The fourth-order valence-corrected chi connectivity index (χ4v) is 6.50. The predicted octanol–water partition coefficient (Wildman–Crippen LogP) is 5.78. The quantitative estimate of drug-likeness (QED) is 0.0278. The molecule has 13 nitrogen and oxygen atoms in total. The molecule has 3 amide bonds. The van der Waals surface area contributed by atoms with Crippen LogP contribution in [0.4, 0.5) is 4.79 Å². The number of nitrogens with zero attached hydrogens (tertiary/aromatic N) is 2. The van der Waals surface area contributed by atoms with Gasteiger partial charge < -0.3 is 40.1 Å². The third-order valence-electron chi connectivity index (χ3n) is 9.58. The first kappa shape index (κ1) is 44.5. The lowest BCUT2D eigenvalue weighted by Crippen LogP contribution is -2.54. The predicted molar refractivity (Wildman–Crippen MR) is 228 cm³/mol. The first-order valence-corrected chi connectivity index (χ1v) is 20.3. The fourth-order valence-electron chi connectivity index (χ4n) is 6.50. The average Bonchev–Trinajstić information content (AvgIpc) is 3.59. The van der Waals surface area contributed by atoms with Gasteiger partial charge in [-0.3, -0.25) is 19.2 Å². The van der Waals surface area contributed by atoms with Crippen LogP contribution in [0, 0.1) is 12.1 Å². The minimum absolute atomic E-state index is 0.00190. The van der Waals surface area contributed by atoms with Crippen molar-refractivity contribution in [2.45, 2.75) is 63.5 Å². The third-order valence-corrected chi connectivity index (χ3v) is 9.58. The van der Waals surface area contributed by atoms with Crippen LogP contribution in [0.25, 0.3) is 11.1 Å². The van der Waals surface area contributed by atoms with Gasteiger partial charge in [-0.05, 0) is 41.5 Å². The number of ether oxygens (including phenoxy) is 3. The SMILES string of the molecule is CCCCNC(=O)[C@H](CCC(=O)OCCN=Cc1[c-]cccc1)NC(=O)[C@H](CCC(=O)OCCN=Cc1[c-]cccc1)NC(=O)OCC1c2ccccc2-c2ccccc21. The van der Waals surface area contributed by atoms with Crippen LogP contribution < -0.4 is 16.0 Å². The Hall–Kier alpha value is -6.63. The van der Waals surface area contributed by atoms with E-state index in [9.17, 15) is 24.0 Å². The van der Waals surface area contributed by atoms with Crippen molar-refractivity contribution in [3.8, 4) is 11.1 Å². The molecule has 0 saturated carbocycles. The van der Waals surface area contributed by atoms with Gasteiger partial charge >= 0.3 is 18.0 Å². The Labute approximate surface area is 351 Å². The average molecular weight is 814 g/mol. The number of hydrogen-bond acceptors (Lipinski definition) is 10. The molecule has 5 rings (SSSR count). The monoisotopic (exact) mass is 813 g/mol. The van der Waals surface area contributed by atoms with Crippen LogP contribution in [0.2, 0.25) is 0 Å². The van der Waals surface area contributed by atoms with E-state index in [-0.39, 0.29) is 64.5 Å². The molecule has 60 heavy (non-hydrogen) atoms. The van der Waals surface area contributed by atoms with E-state index in [1.165, 1.54) is 0 Å². The molecule has 0 saturated heterocycles. The molecule has 0 fully saturated rings. The molecule has 4 aromatic rings. The fraction of sp³-hybridized carbons (Fsp3) is 0.340. The number of amides is 3. The third kappa shape index (κ3) is 14.3. The van der Waals surface area contributed by atoms with Gasteiger partial charge in [0.15, 0.2) is 0 Å². The number of carbonyl (C=O) groups is 5. The summed E-state index contributed by atoms with van der Waals surface area (Å²) >= 11 is 0. The van der Waals surface area contributed by atoms with E-state index in [4.69, 9.17) is 14.2 Å². The van der Waals surface area contributed by atoms with Gasteiger partial charge in [-0.15, -0.1) is 71.8 Å². The lowest BCUT2D eigenvalue weighted by molar-refractivity contribution is -0.145. The second kappa shape index (κ2) is 24.3. The van der Waals surface area contributed by atoms with Crippen LogP contribution in [0.3, 0.4) is 0 Å². The summed E-state index contributed by atoms with van der Waals surface area (Å²) in [5.74, 6) is -2.64. The lowest BCUT2D eigenvalue weighted by atomic mass is 9.98. The van der Waals surface area contributed by atoms with Gasteiger partial charge in [0.2, 0.25) is 11.8 Å². The first-order valence-electron chi connectivity index (χ1n) is 20.3. The van der Waals surface area contributed by atoms with Crippen molar-refractivity contribution >= 4 is 42.3 Å². The van der Waals surface area contributed by atoms with Crippen LogP contribution in [-0.4, -0.2) is 93.8 Å². The van der Waals surface area contributed by atoms with Crippen LogP contribution in [0.1, 0.15) is 73.6 Å². The maximum Gasteiger partial charge on any atom is 0.407 e. The van der Waals surface area contributed by atoms with Crippen molar-refractivity contribution in [3.63, 3.8) is 0 Å². The molecule has 0 aliphatic heterocycles. The summed E-state index contributed by atoms with van der Waals surface area (Å²) in [5.41, 5.74) is 5.74. The summed E-state index contributed by atoms with van der Waals surface area (Å²) in [6.45, 7) is 2.83. The van der Waals surface area contributed by atoms with E-state index in [0.29, 0.717) is 13.0 Å². The van der Waals surface area contributed by atoms with E-state index in [1.807, 2.05) is 91.9 Å². The summed E-state index contributed by atoms with van der Waals surface area (Å²) in [6, 6.07) is 34.1. The number of aliphatic imine (C=N–C) groups is 2. The maximum atomic E-state index is 13.9. The standard InChI is InChI=1S/C47H51N5O8/c1-2-3-26-50-45(55)41(22-24-43(53)58-29-27-48-31-34-14-6-4-7-15-34)51-46(56)42(23-25-44(54)59-30-28-49-32-35-16-8-5-9-17-35)52-47(57)60-33-40-38-20-12-10-18-36(38)37-19-11-13-21-39(37)40/h4-14,16,18-21,31-32,40-42H,2-3,22-30,33H2,1H3,(H,50,55)(H,51,56)(H,52,57)/q-2/t41-,42-/m0/s1. The summed E-state index contributed by atoms with van der Waals surface area (Å²) in [6.07, 6.45) is 3.27. The molecule has 314 valence electrons. The van der Waals surface area contributed by atoms with Crippen molar-refractivity contribution in [2.24, 2.45) is 9.98 Å². The van der Waals surface area contributed by atoms with E-state index >= 15 is 0 Å². The molecular weight excluding hydrogens is 763 g/mol. The summed E-state index contributed by atoms with van der Waals surface area (Å²) in [4.78, 5) is 74.6. The molecule has 0 bridgehead atoms. The number of hydrogen-bond donors (Lipinski definition) is 3. The van der Waals surface area contributed by atoms with E-state index in [1.54, 1.807) is 24.6 Å². The van der Waals surface area contributed by atoms with E-state index < -0.39 is 41.9 Å². The summed E-state index contributed by atoms with van der Waals surface area (Å²) in [5, 5.41) is 8.10. The summed E-state index contributed by atoms with van der Waals surface area (Å²) < 4.78 is 16.4. The van der Waals surface area contributed by atoms with Gasteiger partial charge in [-0.1, -0.05) is 74.3 Å². The van der Waals surface area contributed by atoms with Crippen LogP contribution in [0.15, 0.2) is 107 Å². The zero-order valence-corrected chi connectivity index (χ0v) is 33.8. The van der Waals surface area contributed by atoms with Gasteiger partial charge in [0.05, 0.1) is 13.1 Å². The number of fused-ring (bicyclic) bond motifs is 3. The minimum Gasteiger partial charge on any atom is -0.464 e. The molecule has 3 N–H and O–H groups in total. The zero-order chi connectivity index (χ0) is 42.4. The molecule has 0 heterocycles. The van der Waals surface area contributed by atoms with Crippen molar-refractivity contribution in [2.75, 3.05) is 39.5 Å². The Morgan fingerprint density at radius 3 is 1.70 bits per heavy atom. The molecule has 0 unspecified atom stereocenters. The van der Waals surface area contributed by atoms with Gasteiger partial charge in [-0.2, -0.15) is 0 Å². The second-order valence-corrected chi connectivity index (χ2v) is 14.0. The normalized spacial score (nSPS) is 12.9. The highest BCUT2D eigenvalue weighted by Crippen LogP contribution is 2.44. The Morgan fingerprint density at radius 2 is 1.18 bits per heavy atom. The molecule has 1 aliphatic carbocycles. The molecule has 0 spiro atoms. The maximum absolute atomic E-state index is 13.9. The van der Waals surface area contributed by atoms with Gasteiger partial charge in [0, 0.05) is 25.3 Å². The molecule has 0 radical (unpaired) electrons. The van der Waals surface area contributed by atoms with Crippen LogP contribution in [-0.2, 0) is 33.4 Å². The molecular formula is C47H51N5O8-2. The van der Waals surface area contributed by atoms with Crippen molar-refractivity contribution in [1.29, 1.82) is 0 Å². The number of esters is 2. The molecule has 4 aromatic carbocycles. The number of alkyl carbamates (subject to hydrolysis) is 1. The molecule has 13 heteroatoms. The molecule has 0 aromatic heterocycles. The Morgan fingerprint density at radius 1 is 0.667 bits per heavy atom. The Balaban J connectivity index is 1.20. The van der Waals surface area contributed by atoms with Gasteiger partial charge in [0.25, 0.3) is 0 Å². The Bertz CT molecular complexity index is 2030. The number of nitrogens with one attached hydrogen (secondary N) is 3. The lowest BCUT2D eigenvalue weighted by Gasteiger charge is -2.23. The Kier molecular flexibility index (Phi) is 18.0. The zero-order valence-electron chi connectivity index (χ0n) is 33.8. The topological polar surface area (TPSA) is 174 Å². The van der Waals surface area contributed by atoms with Crippen molar-refractivity contribution in [3.05, 3.63) is 131 Å². The van der Waals surface area contributed by atoms with E-state index in [0.717, 1.165) is 39.8 Å². The number of carbonyl (C=O) groups excluding carboxylic acids is 5. The van der Waals surface area contributed by atoms with Crippen LogP contribution in [0.5, 0.6) is 0 Å². The minimum atomic E-state index is -1.29. The molecule has 1 aliphatic rings. The summed E-state index contributed by atoms with van der Waals surface area (Å²) in [7, 11) is 0. The number of unbranched alkanes of at least 4 members (excludes halogenated alkanes) is 1. The number of benzene rings is 4. The van der Waals surface area contributed by atoms with Crippen LogP contribution >= 0.6 is 0 Å². The second-order valence-electron chi connectivity index (χ2n) is 14.0. The highest BCUT2D eigenvalue weighted by atomic mass is 16.6. The van der Waals surface area contributed by atoms with Crippen molar-refractivity contribution < 1.29 is 38.2 Å².